The molecule has 1 fully saturated rings. The molecule has 0 bridgehead atoms. The predicted molar refractivity (Wildman–Crippen MR) is 74.7 cm³/mol. The average Bonchev–Trinajstić information content (AvgIpc) is 2.89. The number of rotatable bonds is 5. The number of nitrogens with zero attached hydrogens (tertiary/aromatic N) is 1. The lowest BCUT2D eigenvalue weighted by Crippen LogP contribution is -2.22. The third-order valence-electron chi connectivity index (χ3n) is 3.23. The van der Waals surface area contributed by atoms with Crippen LogP contribution in [0, 0.1) is 5.92 Å². The molecule has 0 spiro atoms. The van der Waals surface area contributed by atoms with Crippen molar-refractivity contribution in [2.75, 3.05) is 39.2 Å². The first-order valence-electron chi connectivity index (χ1n) is 6.34. The van der Waals surface area contributed by atoms with Gasteiger partial charge in [-0.2, -0.15) is 0 Å². The van der Waals surface area contributed by atoms with E-state index >= 15 is 0 Å². The van der Waals surface area contributed by atoms with Crippen molar-refractivity contribution in [2.24, 2.45) is 5.92 Å². The first-order valence-corrected chi connectivity index (χ1v) is 7.78. The van der Waals surface area contributed by atoms with E-state index in [1.54, 1.807) is 18.2 Å². The number of ether oxygens (including phenoxy) is 1. The molecule has 0 amide bonds. The zero-order valence-corrected chi connectivity index (χ0v) is 12.1. The zero-order valence-electron chi connectivity index (χ0n) is 11.3. The Kier molecular flexibility index (Phi) is 4.44. The molecule has 5 nitrogen and oxygen atoms in total. The summed E-state index contributed by atoms with van der Waals surface area (Å²) in [6.45, 7) is 2.41. The van der Waals surface area contributed by atoms with Gasteiger partial charge >= 0.3 is 0 Å². The summed E-state index contributed by atoms with van der Waals surface area (Å²) in [5, 5.41) is 3.28. The van der Waals surface area contributed by atoms with Crippen molar-refractivity contribution in [1.82, 2.24) is 4.31 Å². The largest absolute Gasteiger partial charge is 0.385 e. The highest BCUT2D eigenvalue weighted by atomic mass is 32.2. The lowest BCUT2D eigenvalue weighted by Gasteiger charge is -2.14. The van der Waals surface area contributed by atoms with Crippen LogP contribution >= 0.6 is 0 Å². The molecule has 1 aromatic rings. The SMILES string of the molecule is CN(C)S(=O)(=O)c1cccc(NCC2CCOC2)c1. The molecule has 0 saturated carbocycles. The predicted octanol–water partition coefficient (Wildman–Crippen LogP) is 1.39. The lowest BCUT2D eigenvalue weighted by atomic mass is 10.1. The monoisotopic (exact) mass is 284 g/mol. The van der Waals surface area contributed by atoms with E-state index in [9.17, 15) is 8.42 Å². The standard InChI is InChI=1S/C13H20N2O3S/c1-15(2)19(16,17)13-5-3-4-12(8-13)14-9-11-6-7-18-10-11/h3-5,8,11,14H,6-7,9-10H2,1-2H3. The average molecular weight is 284 g/mol. The number of hydrogen-bond acceptors (Lipinski definition) is 4. The Balaban J connectivity index is 2.06. The number of anilines is 1. The van der Waals surface area contributed by atoms with E-state index in [1.807, 2.05) is 6.07 Å². The van der Waals surface area contributed by atoms with Crippen molar-refractivity contribution in [3.8, 4) is 0 Å². The van der Waals surface area contributed by atoms with Crippen LogP contribution in [-0.4, -0.2) is 46.6 Å². The second-order valence-corrected chi connectivity index (χ2v) is 7.08. The van der Waals surface area contributed by atoms with Crippen molar-refractivity contribution in [3.05, 3.63) is 24.3 Å². The summed E-state index contributed by atoms with van der Waals surface area (Å²) in [5.74, 6) is 0.508. The maximum atomic E-state index is 12.0. The third-order valence-corrected chi connectivity index (χ3v) is 5.04. The third kappa shape index (κ3) is 3.46. The van der Waals surface area contributed by atoms with Crippen molar-refractivity contribution in [2.45, 2.75) is 11.3 Å². The van der Waals surface area contributed by atoms with Gasteiger partial charge in [0.05, 0.1) is 11.5 Å². The quantitative estimate of drug-likeness (QED) is 0.887. The molecule has 1 saturated heterocycles. The molecule has 0 radical (unpaired) electrons. The molecule has 1 heterocycles. The van der Waals surface area contributed by atoms with Gasteiger partial charge in [0.15, 0.2) is 0 Å². The fraction of sp³-hybridized carbons (Fsp3) is 0.538. The van der Waals surface area contributed by atoms with Gasteiger partial charge < -0.3 is 10.1 Å². The first-order chi connectivity index (χ1) is 9.00. The van der Waals surface area contributed by atoms with Crippen LogP contribution in [0.15, 0.2) is 29.2 Å². The molecule has 2 rings (SSSR count). The second kappa shape index (κ2) is 5.90. The molecule has 1 aliphatic rings. The maximum absolute atomic E-state index is 12.0. The minimum atomic E-state index is -3.37. The van der Waals surface area contributed by atoms with Gasteiger partial charge in [-0.3, -0.25) is 0 Å². The normalized spacial score (nSPS) is 19.8. The second-order valence-electron chi connectivity index (χ2n) is 4.93. The number of benzene rings is 1. The molecule has 0 aromatic heterocycles. The van der Waals surface area contributed by atoms with Gasteiger partial charge in [-0.05, 0) is 24.6 Å². The van der Waals surface area contributed by atoms with Crippen LogP contribution in [0.1, 0.15) is 6.42 Å². The summed E-state index contributed by atoms with van der Waals surface area (Å²) in [7, 11) is -0.302. The Hall–Kier alpha value is -1.11. The van der Waals surface area contributed by atoms with Gasteiger partial charge in [0.25, 0.3) is 0 Å². The smallest absolute Gasteiger partial charge is 0.242 e. The maximum Gasteiger partial charge on any atom is 0.242 e. The van der Waals surface area contributed by atoms with E-state index < -0.39 is 10.0 Å². The Morgan fingerprint density at radius 1 is 1.42 bits per heavy atom. The molecular formula is C13H20N2O3S. The van der Waals surface area contributed by atoms with Crippen molar-refractivity contribution >= 4 is 15.7 Å². The molecule has 106 valence electrons. The summed E-state index contributed by atoms with van der Waals surface area (Å²) in [6, 6.07) is 6.92. The zero-order chi connectivity index (χ0) is 13.9. The minimum Gasteiger partial charge on any atom is -0.385 e. The van der Waals surface area contributed by atoms with Crippen molar-refractivity contribution in [3.63, 3.8) is 0 Å². The fourth-order valence-corrected chi connectivity index (χ4v) is 2.93. The number of nitrogens with one attached hydrogen (secondary N) is 1. The first kappa shape index (κ1) is 14.3. The summed E-state index contributed by atoms with van der Waals surface area (Å²) in [6.07, 6.45) is 1.06. The molecule has 1 aliphatic heterocycles. The highest BCUT2D eigenvalue weighted by molar-refractivity contribution is 7.89. The molecule has 0 aliphatic carbocycles. The van der Waals surface area contributed by atoms with Crippen molar-refractivity contribution in [1.29, 1.82) is 0 Å². The van der Waals surface area contributed by atoms with E-state index in [2.05, 4.69) is 5.32 Å². The van der Waals surface area contributed by atoms with Gasteiger partial charge in [0.1, 0.15) is 0 Å². The number of sulfonamides is 1. The van der Waals surface area contributed by atoms with Crippen LogP contribution in [0.2, 0.25) is 0 Å². The molecule has 19 heavy (non-hydrogen) atoms. The molecule has 1 atom stereocenters. The highest BCUT2D eigenvalue weighted by Crippen LogP contribution is 2.19. The van der Waals surface area contributed by atoms with Crippen LogP contribution in [0.4, 0.5) is 5.69 Å². The summed E-state index contributed by atoms with van der Waals surface area (Å²) >= 11 is 0. The van der Waals surface area contributed by atoms with Gasteiger partial charge in [-0.25, -0.2) is 12.7 Å². The topological polar surface area (TPSA) is 58.6 Å². The van der Waals surface area contributed by atoms with Crippen LogP contribution in [0.3, 0.4) is 0 Å². The van der Waals surface area contributed by atoms with Gasteiger partial charge in [-0.1, -0.05) is 6.07 Å². The molecule has 1 unspecified atom stereocenters. The molecule has 1 aromatic carbocycles. The Labute approximate surface area is 114 Å². The molecule has 6 heteroatoms. The van der Waals surface area contributed by atoms with E-state index in [4.69, 9.17) is 4.74 Å². The minimum absolute atomic E-state index is 0.310. The van der Waals surface area contributed by atoms with Crippen LogP contribution in [0.25, 0.3) is 0 Å². The number of hydrogen-bond donors (Lipinski definition) is 1. The molecular weight excluding hydrogens is 264 g/mol. The Morgan fingerprint density at radius 3 is 2.84 bits per heavy atom. The van der Waals surface area contributed by atoms with Crippen LogP contribution < -0.4 is 5.32 Å². The van der Waals surface area contributed by atoms with Crippen LogP contribution in [-0.2, 0) is 14.8 Å². The van der Waals surface area contributed by atoms with Crippen molar-refractivity contribution < 1.29 is 13.2 Å². The van der Waals surface area contributed by atoms with Crippen LogP contribution in [0.5, 0.6) is 0 Å². The van der Waals surface area contributed by atoms with Gasteiger partial charge in [0.2, 0.25) is 10.0 Å². The Bertz CT molecular complexity index is 522. The van der Waals surface area contributed by atoms with E-state index in [-0.39, 0.29) is 0 Å². The van der Waals surface area contributed by atoms with E-state index in [0.717, 1.165) is 31.9 Å². The summed E-state index contributed by atoms with van der Waals surface area (Å²) < 4.78 is 30.6. The summed E-state index contributed by atoms with van der Waals surface area (Å²) in [5.41, 5.74) is 0.829. The lowest BCUT2D eigenvalue weighted by molar-refractivity contribution is 0.187. The van der Waals surface area contributed by atoms with E-state index in [1.165, 1.54) is 18.4 Å². The Morgan fingerprint density at radius 2 is 2.21 bits per heavy atom. The molecule has 1 N–H and O–H groups in total. The summed E-state index contributed by atoms with van der Waals surface area (Å²) in [4.78, 5) is 0.310. The highest BCUT2D eigenvalue weighted by Gasteiger charge is 2.18. The van der Waals surface area contributed by atoms with Gasteiger partial charge in [0, 0.05) is 38.9 Å². The van der Waals surface area contributed by atoms with Gasteiger partial charge in [-0.15, -0.1) is 0 Å². The van der Waals surface area contributed by atoms with E-state index in [0.29, 0.717) is 10.8 Å². The fourth-order valence-electron chi connectivity index (χ4n) is 1.98.